The van der Waals surface area contributed by atoms with Gasteiger partial charge in [0.1, 0.15) is 0 Å². The summed E-state index contributed by atoms with van der Waals surface area (Å²) >= 11 is 0. The summed E-state index contributed by atoms with van der Waals surface area (Å²) in [6.07, 6.45) is -10.1. The minimum atomic E-state index is -2.97. The Morgan fingerprint density at radius 1 is 1.00 bits per heavy atom. The van der Waals surface area contributed by atoms with Crippen molar-refractivity contribution in [3.05, 3.63) is 0 Å². The van der Waals surface area contributed by atoms with Gasteiger partial charge in [-0.2, -0.15) is 8.78 Å². The zero-order valence-electron chi connectivity index (χ0n) is 5.44. The molecule has 0 heterocycles. The van der Waals surface area contributed by atoms with Crippen molar-refractivity contribution in [2.75, 3.05) is 0 Å². The van der Waals surface area contributed by atoms with Crippen LogP contribution < -0.4 is 0 Å². The van der Waals surface area contributed by atoms with Crippen molar-refractivity contribution < 1.29 is 38.1 Å². The number of hydrogen-bond acceptors (Lipinski definition) is 4. The normalized spacial score (nSPS) is 14.5. The van der Waals surface area contributed by atoms with Gasteiger partial charge in [-0.25, -0.2) is 9.59 Å². The van der Waals surface area contributed by atoms with E-state index in [-0.39, 0.29) is 0 Å². The van der Waals surface area contributed by atoms with Crippen LogP contribution in [-0.4, -0.2) is 35.2 Å². The van der Waals surface area contributed by atoms with E-state index in [0.717, 1.165) is 0 Å². The van der Waals surface area contributed by atoms with Crippen LogP contribution in [0.15, 0.2) is 0 Å². The van der Waals surface area contributed by atoms with Crippen molar-refractivity contribution >= 4 is 12.3 Å². The molecule has 2 N–H and O–H groups in total. The molecule has 6 nitrogen and oxygen atoms in total. The standard InChI is InChI=1S/C4H4F2O6/c5-1(11-3(7)8)2(6)12-4(9)10/h1-2H,(H,7,8)(H,9,10). The van der Waals surface area contributed by atoms with Gasteiger partial charge in [0, 0.05) is 0 Å². The van der Waals surface area contributed by atoms with Gasteiger partial charge in [-0.3, -0.25) is 0 Å². The van der Waals surface area contributed by atoms with Gasteiger partial charge in [0.2, 0.25) is 0 Å². The molecule has 0 aromatic rings. The van der Waals surface area contributed by atoms with E-state index in [0.29, 0.717) is 0 Å². The van der Waals surface area contributed by atoms with Crippen LogP contribution in [0.25, 0.3) is 0 Å². The monoisotopic (exact) mass is 186 g/mol. The quantitative estimate of drug-likeness (QED) is 0.637. The molecule has 0 radical (unpaired) electrons. The van der Waals surface area contributed by atoms with E-state index in [2.05, 4.69) is 9.47 Å². The Labute approximate surface area is 64.3 Å². The van der Waals surface area contributed by atoms with E-state index < -0.39 is 25.0 Å². The van der Waals surface area contributed by atoms with Crippen LogP contribution in [0.5, 0.6) is 0 Å². The minimum Gasteiger partial charge on any atom is -0.450 e. The summed E-state index contributed by atoms with van der Waals surface area (Å²) in [4.78, 5) is 19.1. The van der Waals surface area contributed by atoms with Gasteiger partial charge in [0.25, 0.3) is 0 Å². The number of carboxylic acid groups (broad SMARTS) is 2. The molecule has 0 aliphatic heterocycles. The third-order valence-corrected chi connectivity index (χ3v) is 0.633. The third-order valence-electron chi connectivity index (χ3n) is 0.633. The third kappa shape index (κ3) is 4.25. The van der Waals surface area contributed by atoms with Gasteiger partial charge in [-0.1, -0.05) is 0 Å². The Balaban J connectivity index is 3.83. The van der Waals surface area contributed by atoms with Gasteiger partial charge >= 0.3 is 25.0 Å². The first kappa shape index (κ1) is 10.4. The van der Waals surface area contributed by atoms with Crippen molar-refractivity contribution in [1.29, 1.82) is 0 Å². The molecule has 70 valence electrons. The first-order valence-electron chi connectivity index (χ1n) is 2.50. The van der Waals surface area contributed by atoms with Crippen LogP contribution in [0, 0.1) is 0 Å². The van der Waals surface area contributed by atoms with E-state index >= 15 is 0 Å². The molecule has 8 heteroatoms. The van der Waals surface area contributed by atoms with Crippen LogP contribution in [0.2, 0.25) is 0 Å². The minimum absolute atomic E-state index is 2.07. The van der Waals surface area contributed by atoms with Crippen LogP contribution in [0.3, 0.4) is 0 Å². The van der Waals surface area contributed by atoms with Crippen molar-refractivity contribution in [2.24, 2.45) is 0 Å². The number of ether oxygens (including phenoxy) is 2. The lowest BCUT2D eigenvalue weighted by Crippen LogP contribution is -2.27. The van der Waals surface area contributed by atoms with Crippen LogP contribution in [0.4, 0.5) is 18.4 Å². The highest BCUT2D eigenvalue weighted by molar-refractivity contribution is 5.58. The van der Waals surface area contributed by atoms with Gasteiger partial charge in [-0.05, 0) is 0 Å². The second-order valence-electron chi connectivity index (χ2n) is 1.47. The number of alkyl halides is 2. The fraction of sp³-hybridized carbons (Fsp3) is 0.500. The highest BCUT2D eigenvalue weighted by Crippen LogP contribution is 2.07. The topological polar surface area (TPSA) is 93.1 Å². The van der Waals surface area contributed by atoms with E-state index in [1.807, 2.05) is 0 Å². The molecule has 0 amide bonds. The molecule has 12 heavy (non-hydrogen) atoms. The molecule has 0 aliphatic rings. The molecular weight excluding hydrogens is 182 g/mol. The largest absolute Gasteiger partial charge is 0.508 e. The summed E-state index contributed by atoms with van der Waals surface area (Å²) in [5, 5.41) is 15.5. The lowest BCUT2D eigenvalue weighted by Gasteiger charge is -2.10. The smallest absolute Gasteiger partial charge is 0.450 e. The van der Waals surface area contributed by atoms with E-state index in [9.17, 15) is 18.4 Å². The second kappa shape index (κ2) is 4.31. The summed E-state index contributed by atoms with van der Waals surface area (Å²) in [6, 6.07) is 0. The number of hydrogen-bond donors (Lipinski definition) is 2. The van der Waals surface area contributed by atoms with Gasteiger partial charge in [0.05, 0.1) is 0 Å². The molecule has 0 rings (SSSR count). The summed E-state index contributed by atoms with van der Waals surface area (Å²) in [5.41, 5.74) is 0. The Morgan fingerprint density at radius 3 is 1.42 bits per heavy atom. The maximum absolute atomic E-state index is 12.0. The molecule has 0 saturated carbocycles. The zero-order chi connectivity index (χ0) is 9.72. The zero-order valence-corrected chi connectivity index (χ0v) is 5.44. The van der Waals surface area contributed by atoms with E-state index in [1.54, 1.807) is 0 Å². The molecule has 0 bridgehead atoms. The average molecular weight is 186 g/mol. The number of rotatable bonds is 3. The molecule has 0 saturated heterocycles. The Morgan fingerprint density at radius 2 is 1.25 bits per heavy atom. The van der Waals surface area contributed by atoms with Crippen molar-refractivity contribution in [3.8, 4) is 0 Å². The predicted octanol–water partition coefficient (Wildman–Crippen LogP) is 0.967. The van der Waals surface area contributed by atoms with E-state index in [1.165, 1.54) is 0 Å². The van der Waals surface area contributed by atoms with Gasteiger partial charge < -0.3 is 19.7 Å². The van der Waals surface area contributed by atoms with Crippen molar-refractivity contribution in [2.45, 2.75) is 12.7 Å². The SMILES string of the molecule is O=C(O)OC(F)C(F)OC(=O)O. The maximum Gasteiger partial charge on any atom is 0.508 e. The Hall–Kier alpha value is -1.60. The molecule has 2 unspecified atom stereocenters. The van der Waals surface area contributed by atoms with Crippen LogP contribution >= 0.6 is 0 Å². The van der Waals surface area contributed by atoms with E-state index in [4.69, 9.17) is 10.2 Å². The summed E-state index contributed by atoms with van der Waals surface area (Å²) in [5.74, 6) is 0. The lowest BCUT2D eigenvalue weighted by molar-refractivity contribution is -0.148. The summed E-state index contributed by atoms with van der Waals surface area (Å²) < 4.78 is 30.5. The lowest BCUT2D eigenvalue weighted by atomic mass is 10.7. The van der Waals surface area contributed by atoms with Gasteiger partial charge in [0.15, 0.2) is 0 Å². The first-order chi connectivity index (χ1) is 5.43. The van der Waals surface area contributed by atoms with Crippen molar-refractivity contribution in [3.63, 3.8) is 0 Å². The molecule has 2 atom stereocenters. The molecule has 0 spiro atoms. The van der Waals surface area contributed by atoms with Crippen LogP contribution in [0.1, 0.15) is 0 Å². The fourth-order valence-corrected chi connectivity index (χ4v) is 0.300. The molecule has 0 aromatic heterocycles. The number of halogens is 2. The summed E-state index contributed by atoms with van der Waals surface area (Å²) in [7, 11) is 0. The molecular formula is C4H4F2O6. The predicted molar refractivity (Wildman–Crippen MR) is 28.0 cm³/mol. The Bertz CT molecular complexity index is 162. The summed E-state index contributed by atoms with van der Waals surface area (Å²) in [6.45, 7) is 0. The molecule has 0 aliphatic carbocycles. The highest BCUT2D eigenvalue weighted by atomic mass is 19.2. The molecule has 0 fully saturated rings. The Kier molecular flexibility index (Phi) is 3.74. The van der Waals surface area contributed by atoms with Gasteiger partial charge in [-0.15, -0.1) is 0 Å². The maximum atomic E-state index is 12.0. The van der Waals surface area contributed by atoms with Crippen LogP contribution in [-0.2, 0) is 9.47 Å². The number of carbonyl (C=O) groups is 2. The fourth-order valence-electron chi connectivity index (χ4n) is 0.300. The van der Waals surface area contributed by atoms with Crippen molar-refractivity contribution in [1.82, 2.24) is 0 Å². The highest BCUT2D eigenvalue weighted by Gasteiger charge is 2.27. The average Bonchev–Trinajstić information content (AvgIpc) is 1.84. The first-order valence-corrected chi connectivity index (χ1v) is 2.50. The second-order valence-corrected chi connectivity index (χ2v) is 1.47. The molecule has 0 aromatic carbocycles.